The molecule has 0 atom stereocenters. The van der Waals surface area contributed by atoms with Crippen LogP contribution in [-0.4, -0.2) is 31.6 Å². The maximum atomic E-state index is 13.6. The van der Waals surface area contributed by atoms with Crippen molar-refractivity contribution in [2.24, 2.45) is 0 Å². The van der Waals surface area contributed by atoms with Gasteiger partial charge in [0, 0.05) is 4.88 Å². The number of halogens is 1. The van der Waals surface area contributed by atoms with Crippen molar-refractivity contribution in [3.05, 3.63) is 51.7 Å². The van der Waals surface area contributed by atoms with Gasteiger partial charge in [0.05, 0.1) is 18.2 Å². The number of nitrogens with one attached hydrogen (secondary N) is 1. The smallest absolute Gasteiger partial charge is 0.341 e. The number of amides is 1. The average molecular weight is 405 g/mol. The second kappa shape index (κ2) is 8.97. The van der Waals surface area contributed by atoms with Gasteiger partial charge in [-0.1, -0.05) is 18.6 Å². The molecule has 1 aliphatic rings. The minimum atomic E-state index is -0.927. The first-order chi connectivity index (χ1) is 13.5. The van der Waals surface area contributed by atoms with E-state index in [1.807, 2.05) is 0 Å². The standard InChI is InChI=1S/C20H20FNO5S/c1-26-20(25)17-13-8-3-2-4-10-15(13)28-18(17)22-16(23)11-27-19(24)12-7-5-6-9-14(12)21/h5-7,9H,2-4,8,10-11H2,1H3,(H,22,23). The van der Waals surface area contributed by atoms with Gasteiger partial charge >= 0.3 is 11.9 Å². The third-order valence-electron chi connectivity index (χ3n) is 4.49. The highest BCUT2D eigenvalue weighted by atomic mass is 32.1. The van der Waals surface area contributed by atoms with E-state index in [1.54, 1.807) is 0 Å². The SMILES string of the molecule is COC(=O)c1c(NC(=O)COC(=O)c2ccccc2F)sc2c1CCCCC2. The molecule has 0 spiro atoms. The zero-order valence-corrected chi connectivity index (χ0v) is 16.2. The van der Waals surface area contributed by atoms with Crippen LogP contribution in [0.5, 0.6) is 0 Å². The number of aryl methyl sites for hydroxylation is 1. The van der Waals surface area contributed by atoms with Crippen molar-refractivity contribution in [2.75, 3.05) is 19.0 Å². The summed E-state index contributed by atoms with van der Waals surface area (Å²) in [5.41, 5.74) is 1.06. The zero-order chi connectivity index (χ0) is 20.1. The highest BCUT2D eigenvalue weighted by Gasteiger charge is 2.26. The van der Waals surface area contributed by atoms with E-state index in [2.05, 4.69) is 5.32 Å². The molecule has 6 nitrogen and oxygen atoms in total. The summed E-state index contributed by atoms with van der Waals surface area (Å²) in [4.78, 5) is 37.5. The number of hydrogen-bond donors (Lipinski definition) is 1. The Kier molecular flexibility index (Phi) is 6.41. The molecule has 2 aromatic rings. The van der Waals surface area contributed by atoms with Crippen molar-refractivity contribution < 1.29 is 28.2 Å². The summed E-state index contributed by atoms with van der Waals surface area (Å²) in [6, 6.07) is 5.37. The molecule has 1 N–H and O–H groups in total. The molecule has 0 unspecified atom stereocenters. The Bertz CT molecular complexity index is 908. The molecule has 0 saturated carbocycles. The van der Waals surface area contributed by atoms with Crippen molar-refractivity contribution in [1.82, 2.24) is 0 Å². The molecule has 3 rings (SSSR count). The molecule has 1 amide bonds. The van der Waals surface area contributed by atoms with Crippen LogP contribution in [0.25, 0.3) is 0 Å². The second-order valence-electron chi connectivity index (χ2n) is 6.36. The van der Waals surface area contributed by atoms with Crippen LogP contribution < -0.4 is 5.32 Å². The van der Waals surface area contributed by atoms with Gasteiger partial charge in [-0.05, 0) is 43.4 Å². The molecular weight excluding hydrogens is 385 g/mol. The number of fused-ring (bicyclic) bond motifs is 1. The van der Waals surface area contributed by atoms with Crippen molar-refractivity contribution in [3.8, 4) is 0 Å². The number of methoxy groups -OCH3 is 1. The van der Waals surface area contributed by atoms with Crippen LogP contribution in [0.1, 0.15) is 50.4 Å². The summed E-state index contributed by atoms with van der Waals surface area (Å²) >= 11 is 1.35. The van der Waals surface area contributed by atoms with Gasteiger partial charge in [-0.15, -0.1) is 11.3 Å². The van der Waals surface area contributed by atoms with E-state index in [9.17, 15) is 18.8 Å². The van der Waals surface area contributed by atoms with Crippen LogP contribution in [0.4, 0.5) is 9.39 Å². The van der Waals surface area contributed by atoms with Gasteiger partial charge in [0.1, 0.15) is 10.8 Å². The minimum Gasteiger partial charge on any atom is -0.465 e. The van der Waals surface area contributed by atoms with E-state index < -0.39 is 30.3 Å². The quantitative estimate of drug-likeness (QED) is 0.605. The molecule has 1 aromatic carbocycles. The van der Waals surface area contributed by atoms with Gasteiger partial charge in [0.25, 0.3) is 5.91 Å². The van der Waals surface area contributed by atoms with Gasteiger partial charge in [0.2, 0.25) is 0 Å². The fourth-order valence-electron chi connectivity index (χ4n) is 3.15. The largest absolute Gasteiger partial charge is 0.465 e. The van der Waals surface area contributed by atoms with Crippen LogP contribution in [0.2, 0.25) is 0 Å². The van der Waals surface area contributed by atoms with Crippen molar-refractivity contribution in [2.45, 2.75) is 32.1 Å². The lowest BCUT2D eigenvalue weighted by molar-refractivity contribution is -0.119. The predicted molar refractivity (Wildman–Crippen MR) is 102 cm³/mol. The summed E-state index contributed by atoms with van der Waals surface area (Å²) < 4.78 is 23.4. The van der Waals surface area contributed by atoms with Gasteiger partial charge in [-0.25, -0.2) is 14.0 Å². The van der Waals surface area contributed by atoms with E-state index in [1.165, 1.54) is 36.6 Å². The molecule has 148 valence electrons. The number of hydrogen-bond acceptors (Lipinski definition) is 6. The third kappa shape index (κ3) is 4.39. The van der Waals surface area contributed by atoms with E-state index in [0.29, 0.717) is 10.6 Å². The normalized spacial score (nSPS) is 13.2. The first-order valence-electron chi connectivity index (χ1n) is 8.95. The fourth-order valence-corrected chi connectivity index (χ4v) is 4.44. The maximum Gasteiger partial charge on any atom is 0.341 e. The molecular formula is C20H20FNO5S. The summed E-state index contributed by atoms with van der Waals surface area (Å²) in [5.74, 6) is -2.75. The number of benzene rings is 1. The molecule has 1 aromatic heterocycles. The molecule has 28 heavy (non-hydrogen) atoms. The lowest BCUT2D eigenvalue weighted by Crippen LogP contribution is -2.22. The Balaban J connectivity index is 1.71. The highest BCUT2D eigenvalue weighted by molar-refractivity contribution is 7.17. The average Bonchev–Trinajstić information content (AvgIpc) is 2.86. The molecule has 0 aliphatic heterocycles. The van der Waals surface area contributed by atoms with Crippen molar-refractivity contribution in [1.29, 1.82) is 0 Å². The molecule has 0 saturated heterocycles. The monoisotopic (exact) mass is 405 g/mol. The topological polar surface area (TPSA) is 81.7 Å². The molecule has 0 fully saturated rings. The van der Waals surface area contributed by atoms with Gasteiger partial charge < -0.3 is 14.8 Å². The molecule has 0 bridgehead atoms. The van der Waals surface area contributed by atoms with E-state index in [4.69, 9.17) is 9.47 Å². The number of ether oxygens (including phenoxy) is 2. The predicted octanol–water partition coefficient (Wildman–Crippen LogP) is 3.74. The Morgan fingerprint density at radius 3 is 2.61 bits per heavy atom. The minimum absolute atomic E-state index is 0.242. The summed E-state index contributed by atoms with van der Waals surface area (Å²) in [7, 11) is 1.30. The van der Waals surface area contributed by atoms with Crippen LogP contribution in [0.15, 0.2) is 24.3 Å². The number of rotatable bonds is 5. The van der Waals surface area contributed by atoms with Crippen molar-refractivity contribution >= 4 is 34.2 Å². The lowest BCUT2D eigenvalue weighted by atomic mass is 10.1. The second-order valence-corrected chi connectivity index (χ2v) is 7.47. The first kappa shape index (κ1) is 20.0. The lowest BCUT2D eigenvalue weighted by Gasteiger charge is -2.08. The fraction of sp³-hybridized carbons (Fsp3) is 0.350. The molecule has 0 radical (unpaired) electrons. The summed E-state index contributed by atoms with van der Waals surface area (Å²) in [5, 5.41) is 3.03. The van der Waals surface area contributed by atoms with Crippen LogP contribution in [-0.2, 0) is 27.1 Å². The third-order valence-corrected chi connectivity index (χ3v) is 5.70. The van der Waals surface area contributed by atoms with E-state index in [-0.39, 0.29) is 5.56 Å². The summed E-state index contributed by atoms with van der Waals surface area (Å²) in [6.45, 7) is -0.587. The number of thiophene rings is 1. The first-order valence-corrected chi connectivity index (χ1v) is 9.77. The Morgan fingerprint density at radius 2 is 1.86 bits per heavy atom. The van der Waals surface area contributed by atoms with E-state index >= 15 is 0 Å². The van der Waals surface area contributed by atoms with Crippen LogP contribution in [0, 0.1) is 5.82 Å². The van der Waals surface area contributed by atoms with Crippen molar-refractivity contribution in [3.63, 3.8) is 0 Å². The Hall–Kier alpha value is -2.74. The van der Waals surface area contributed by atoms with Gasteiger partial charge in [-0.3, -0.25) is 4.79 Å². The number of carbonyl (C=O) groups is 3. The van der Waals surface area contributed by atoms with Crippen LogP contribution >= 0.6 is 11.3 Å². The van der Waals surface area contributed by atoms with Gasteiger partial charge in [0.15, 0.2) is 6.61 Å². The zero-order valence-electron chi connectivity index (χ0n) is 15.4. The number of anilines is 1. The van der Waals surface area contributed by atoms with Gasteiger partial charge in [-0.2, -0.15) is 0 Å². The maximum absolute atomic E-state index is 13.6. The summed E-state index contributed by atoms with van der Waals surface area (Å²) in [6.07, 6.45) is 4.70. The highest BCUT2D eigenvalue weighted by Crippen LogP contribution is 2.37. The Labute approximate surface area is 165 Å². The molecule has 8 heteroatoms. The number of esters is 2. The van der Waals surface area contributed by atoms with Crippen LogP contribution in [0.3, 0.4) is 0 Å². The molecule has 1 aliphatic carbocycles. The van der Waals surface area contributed by atoms with E-state index in [0.717, 1.165) is 48.6 Å². The Morgan fingerprint density at radius 1 is 1.11 bits per heavy atom. The number of carbonyl (C=O) groups excluding carboxylic acids is 3. The molecule has 1 heterocycles.